The summed E-state index contributed by atoms with van der Waals surface area (Å²) in [7, 11) is 1.51. The summed E-state index contributed by atoms with van der Waals surface area (Å²) < 4.78 is 11.3. The maximum Gasteiger partial charge on any atom is 0.419 e. The van der Waals surface area contributed by atoms with Gasteiger partial charge in [-0.3, -0.25) is 9.36 Å². The van der Waals surface area contributed by atoms with E-state index in [1.807, 2.05) is 0 Å². The molecular weight excluding hydrogens is 226 g/mol. The highest BCUT2D eigenvalue weighted by Gasteiger charge is 2.11. The molecule has 6 heteroatoms. The fraction of sp³-hybridized carbons (Fsp3) is 0.273. The molecule has 0 spiro atoms. The third kappa shape index (κ3) is 2.15. The molecule has 0 unspecified atom stereocenters. The van der Waals surface area contributed by atoms with Crippen molar-refractivity contribution in [2.24, 2.45) is 0 Å². The number of aliphatic carboxylic acids is 1. The van der Waals surface area contributed by atoms with Gasteiger partial charge in [-0.15, -0.1) is 0 Å². The van der Waals surface area contributed by atoms with Crippen LogP contribution >= 0.6 is 0 Å². The van der Waals surface area contributed by atoms with Crippen molar-refractivity contribution in [2.75, 3.05) is 7.11 Å². The van der Waals surface area contributed by atoms with Crippen LogP contribution in [0, 0.1) is 0 Å². The maximum atomic E-state index is 11.5. The molecular formula is C11H11NO5. The second-order valence-electron chi connectivity index (χ2n) is 3.50. The molecule has 2 aromatic rings. The first-order valence-electron chi connectivity index (χ1n) is 5.01. The summed E-state index contributed by atoms with van der Waals surface area (Å²) in [5, 5.41) is 8.61. The third-order valence-electron chi connectivity index (χ3n) is 2.42. The van der Waals surface area contributed by atoms with E-state index in [0.717, 1.165) is 0 Å². The van der Waals surface area contributed by atoms with E-state index >= 15 is 0 Å². The summed E-state index contributed by atoms with van der Waals surface area (Å²) in [6, 6.07) is 4.93. The summed E-state index contributed by atoms with van der Waals surface area (Å²) >= 11 is 0. The first-order chi connectivity index (χ1) is 8.11. The molecule has 1 N–H and O–H groups in total. The number of oxazole rings is 1. The van der Waals surface area contributed by atoms with Gasteiger partial charge in [-0.2, -0.15) is 0 Å². The lowest BCUT2D eigenvalue weighted by Crippen LogP contribution is -2.16. The monoisotopic (exact) mass is 237 g/mol. The molecule has 0 aliphatic heterocycles. The number of rotatable bonds is 4. The largest absolute Gasteiger partial charge is 0.497 e. The van der Waals surface area contributed by atoms with Gasteiger partial charge in [0, 0.05) is 12.6 Å². The Bertz CT molecular complexity index is 610. The zero-order chi connectivity index (χ0) is 12.4. The fourth-order valence-electron chi connectivity index (χ4n) is 1.59. The molecule has 6 nitrogen and oxygen atoms in total. The van der Waals surface area contributed by atoms with Crippen molar-refractivity contribution in [2.45, 2.75) is 13.0 Å². The predicted molar refractivity (Wildman–Crippen MR) is 59.3 cm³/mol. The molecule has 17 heavy (non-hydrogen) atoms. The Balaban J connectivity index is 2.48. The van der Waals surface area contributed by atoms with Gasteiger partial charge in [0.05, 0.1) is 19.0 Å². The molecule has 0 fully saturated rings. The van der Waals surface area contributed by atoms with Crippen molar-refractivity contribution >= 4 is 17.1 Å². The quantitative estimate of drug-likeness (QED) is 0.860. The van der Waals surface area contributed by atoms with Crippen LogP contribution in [-0.2, 0) is 11.3 Å². The van der Waals surface area contributed by atoms with E-state index in [1.54, 1.807) is 18.2 Å². The number of fused-ring (bicyclic) bond motifs is 1. The number of nitrogens with zero attached hydrogens (tertiary/aromatic N) is 1. The number of ether oxygens (including phenoxy) is 1. The molecule has 0 amide bonds. The Hall–Kier alpha value is -2.24. The Morgan fingerprint density at radius 3 is 2.94 bits per heavy atom. The molecule has 0 bridgehead atoms. The minimum atomic E-state index is -0.964. The minimum absolute atomic E-state index is 0.0777. The Morgan fingerprint density at radius 2 is 2.29 bits per heavy atom. The van der Waals surface area contributed by atoms with Gasteiger partial charge in [0.15, 0.2) is 5.58 Å². The number of methoxy groups -OCH3 is 1. The first kappa shape index (κ1) is 11.3. The van der Waals surface area contributed by atoms with Crippen molar-refractivity contribution in [3.05, 3.63) is 28.7 Å². The maximum absolute atomic E-state index is 11.5. The highest BCUT2D eigenvalue weighted by atomic mass is 16.5. The van der Waals surface area contributed by atoms with Crippen LogP contribution in [-0.4, -0.2) is 22.8 Å². The minimum Gasteiger partial charge on any atom is -0.497 e. The van der Waals surface area contributed by atoms with E-state index < -0.39 is 11.7 Å². The highest BCUT2D eigenvalue weighted by molar-refractivity contribution is 5.75. The Kier molecular flexibility index (Phi) is 2.86. The predicted octanol–water partition coefficient (Wildman–Crippen LogP) is 1.08. The molecule has 0 atom stereocenters. The van der Waals surface area contributed by atoms with E-state index in [4.69, 9.17) is 14.3 Å². The average molecular weight is 237 g/mol. The van der Waals surface area contributed by atoms with E-state index in [1.165, 1.54) is 11.7 Å². The highest BCUT2D eigenvalue weighted by Crippen LogP contribution is 2.19. The van der Waals surface area contributed by atoms with Gasteiger partial charge < -0.3 is 14.3 Å². The van der Waals surface area contributed by atoms with Crippen LogP contribution in [0.15, 0.2) is 27.4 Å². The van der Waals surface area contributed by atoms with Crippen LogP contribution in [0.3, 0.4) is 0 Å². The van der Waals surface area contributed by atoms with E-state index in [2.05, 4.69) is 0 Å². The molecule has 2 rings (SSSR count). The average Bonchev–Trinajstić information content (AvgIpc) is 2.61. The van der Waals surface area contributed by atoms with Crippen molar-refractivity contribution in [1.82, 2.24) is 4.57 Å². The number of carboxylic acids is 1. The fourth-order valence-corrected chi connectivity index (χ4v) is 1.59. The van der Waals surface area contributed by atoms with Gasteiger partial charge >= 0.3 is 11.7 Å². The number of benzene rings is 1. The molecule has 0 radical (unpaired) electrons. The van der Waals surface area contributed by atoms with E-state index in [9.17, 15) is 9.59 Å². The summed E-state index contributed by atoms with van der Waals surface area (Å²) in [6.45, 7) is 0.0777. The lowest BCUT2D eigenvalue weighted by Gasteiger charge is -2.01. The molecule has 1 aromatic heterocycles. The second kappa shape index (κ2) is 4.32. The van der Waals surface area contributed by atoms with Crippen molar-refractivity contribution in [3.63, 3.8) is 0 Å². The number of hydrogen-bond acceptors (Lipinski definition) is 4. The normalized spacial score (nSPS) is 10.6. The Morgan fingerprint density at radius 1 is 1.53 bits per heavy atom. The van der Waals surface area contributed by atoms with Crippen molar-refractivity contribution < 1.29 is 19.1 Å². The lowest BCUT2D eigenvalue weighted by molar-refractivity contribution is -0.137. The summed E-state index contributed by atoms with van der Waals surface area (Å²) in [5.41, 5.74) is 0.955. The molecule has 0 saturated heterocycles. The molecule has 1 heterocycles. The molecule has 0 saturated carbocycles. The summed E-state index contributed by atoms with van der Waals surface area (Å²) in [6.07, 6.45) is -0.133. The van der Waals surface area contributed by atoms with Gasteiger partial charge in [0.25, 0.3) is 0 Å². The molecule has 0 aliphatic carbocycles. The van der Waals surface area contributed by atoms with Crippen molar-refractivity contribution in [3.8, 4) is 5.75 Å². The van der Waals surface area contributed by atoms with Crippen molar-refractivity contribution in [1.29, 1.82) is 0 Å². The van der Waals surface area contributed by atoms with E-state index in [0.29, 0.717) is 16.8 Å². The third-order valence-corrected chi connectivity index (χ3v) is 2.42. The zero-order valence-electron chi connectivity index (χ0n) is 9.17. The van der Waals surface area contributed by atoms with Crippen LogP contribution < -0.4 is 10.5 Å². The number of carboxylic acid groups (broad SMARTS) is 1. The van der Waals surface area contributed by atoms with Gasteiger partial charge in [0.1, 0.15) is 5.75 Å². The topological polar surface area (TPSA) is 81.7 Å². The Labute approximate surface area is 96.0 Å². The summed E-state index contributed by atoms with van der Waals surface area (Å²) in [4.78, 5) is 22.0. The lowest BCUT2D eigenvalue weighted by atomic mass is 10.3. The first-order valence-corrected chi connectivity index (χ1v) is 5.01. The van der Waals surface area contributed by atoms with Gasteiger partial charge in [-0.1, -0.05) is 0 Å². The SMILES string of the molecule is COc1ccc2oc(=O)n(CCC(=O)O)c2c1. The molecule has 90 valence electrons. The summed E-state index contributed by atoms with van der Waals surface area (Å²) in [5.74, 6) is -0.939. The van der Waals surface area contributed by atoms with Gasteiger partial charge in [-0.25, -0.2) is 4.79 Å². The van der Waals surface area contributed by atoms with Gasteiger partial charge in [0.2, 0.25) is 0 Å². The zero-order valence-corrected chi connectivity index (χ0v) is 9.17. The van der Waals surface area contributed by atoms with Gasteiger partial charge in [-0.05, 0) is 12.1 Å². The van der Waals surface area contributed by atoms with Crippen LogP contribution in [0.2, 0.25) is 0 Å². The van der Waals surface area contributed by atoms with Crippen LogP contribution in [0.5, 0.6) is 5.75 Å². The van der Waals surface area contributed by atoms with Crippen LogP contribution in [0.4, 0.5) is 0 Å². The standard InChI is InChI=1S/C11H11NO5/c1-16-7-2-3-9-8(6-7)12(11(15)17-9)5-4-10(13)14/h2-3,6H,4-5H2,1H3,(H,13,14). The number of carbonyl (C=O) groups is 1. The number of aromatic nitrogens is 1. The van der Waals surface area contributed by atoms with E-state index in [-0.39, 0.29) is 13.0 Å². The second-order valence-corrected chi connectivity index (χ2v) is 3.50. The number of aryl methyl sites for hydroxylation is 1. The van der Waals surface area contributed by atoms with Crippen LogP contribution in [0.25, 0.3) is 11.1 Å². The number of hydrogen-bond donors (Lipinski definition) is 1. The molecule has 0 aliphatic rings. The van der Waals surface area contributed by atoms with Crippen LogP contribution in [0.1, 0.15) is 6.42 Å². The smallest absolute Gasteiger partial charge is 0.419 e. The molecule has 1 aromatic carbocycles.